The van der Waals surface area contributed by atoms with Gasteiger partial charge in [-0.3, -0.25) is 4.57 Å². The number of fused-ring (bicyclic) bond motifs is 3. The smallest absolute Gasteiger partial charge is 0.167 e. The van der Waals surface area contributed by atoms with Gasteiger partial charge in [0.2, 0.25) is 0 Å². The molecule has 0 N–H and O–H groups in total. The van der Waals surface area contributed by atoms with E-state index in [0.717, 1.165) is 28.4 Å². The first-order chi connectivity index (χ1) is 9.43. The van der Waals surface area contributed by atoms with Crippen molar-refractivity contribution >= 4 is 0 Å². The van der Waals surface area contributed by atoms with Crippen LogP contribution in [0.3, 0.4) is 0 Å². The molecule has 1 aliphatic heterocycles. The van der Waals surface area contributed by atoms with Gasteiger partial charge < -0.3 is 4.74 Å². The number of imidazole rings is 1. The number of rotatable bonds is 1. The lowest BCUT2D eigenvalue weighted by Gasteiger charge is -2.20. The monoisotopic (exact) mass is 248 g/mol. The van der Waals surface area contributed by atoms with Gasteiger partial charge >= 0.3 is 0 Å². The third kappa shape index (κ3) is 1.55. The van der Waals surface area contributed by atoms with Crippen molar-refractivity contribution in [1.29, 1.82) is 0 Å². The Hall–Kier alpha value is -2.55. The maximum absolute atomic E-state index is 5.79. The number of aromatic nitrogens is 2. The SMILES string of the molecule is c1ccc(-c2cnc3n2COc2ccccc2-3)cc1. The molecule has 0 spiro atoms. The number of nitrogens with zero attached hydrogens (tertiary/aromatic N) is 2. The summed E-state index contributed by atoms with van der Waals surface area (Å²) in [5.41, 5.74) is 3.30. The molecule has 3 aromatic rings. The van der Waals surface area contributed by atoms with Crippen molar-refractivity contribution in [2.24, 2.45) is 0 Å². The molecule has 3 nitrogen and oxygen atoms in total. The Balaban J connectivity index is 1.91. The van der Waals surface area contributed by atoms with E-state index in [9.17, 15) is 0 Å². The van der Waals surface area contributed by atoms with E-state index in [2.05, 4.69) is 21.7 Å². The average Bonchev–Trinajstić information content (AvgIpc) is 2.92. The van der Waals surface area contributed by atoms with E-state index in [-0.39, 0.29) is 0 Å². The summed E-state index contributed by atoms with van der Waals surface area (Å²) in [5.74, 6) is 1.88. The predicted octanol–water partition coefficient (Wildman–Crippen LogP) is 3.57. The first-order valence-corrected chi connectivity index (χ1v) is 6.26. The van der Waals surface area contributed by atoms with Crippen LogP contribution in [0.4, 0.5) is 0 Å². The molecular formula is C16H12N2O. The number of hydrogen-bond acceptors (Lipinski definition) is 2. The fourth-order valence-electron chi connectivity index (χ4n) is 2.47. The Kier molecular flexibility index (Phi) is 2.18. The van der Waals surface area contributed by atoms with Crippen LogP contribution in [0.2, 0.25) is 0 Å². The van der Waals surface area contributed by atoms with E-state index in [1.54, 1.807) is 0 Å². The van der Waals surface area contributed by atoms with Crippen LogP contribution in [-0.2, 0) is 6.73 Å². The zero-order chi connectivity index (χ0) is 12.7. The van der Waals surface area contributed by atoms with Gasteiger partial charge in [0.05, 0.1) is 17.5 Å². The molecule has 19 heavy (non-hydrogen) atoms. The van der Waals surface area contributed by atoms with E-state index in [4.69, 9.17) is 4.74 Å². The molecule has 0 bridgehead atoms. The molecule has 1 aromatic heterocycles. The number of benzene rings is 2. The number of ether oxygens (including phenoxy) is 1. The van der Waals surface area contributed by atoms with Crippen LogP contribution in [0.1, 0.15) is 0 Å². The third-order valence-electron chi connectivity index (χ3n) is 3.40. The molecule has 4 rings (SSSR count). The van der Waals surface area contributed by atoms with E-state index in [1.165, 1.54) is 0 Å². The van der Waals surface area contributed by atoms with E-state index in [1.807, 2.05) is 48.7 Å². The van der Waals surface area contributed by atoms with Gasteiger partial charge in [-0.25, -0.2) is 4.98 Å². The summed E-state index contributed by atoms with van der Waals surface area (Å²) in [7, 11) is 0. The molecule has 0 aliphatic carbocycles. The highest BCUT2D eigenvalue weighted by molar-refractivity contribution is 5.70. The zero-order valence-corrected chi connectivity index (χ0v) is 10.3. The molecule has 2 aromatic carbocycles. The maximum Gasteiger partial charge on any atom is 0.167 e. The van der Waals surface area contributed by atoms with E-state index in [0.29, 0.717) is 6.73 Å². The summed E-state index contributed by atoms with van der Waals surface area (Å²) in [6, 6.07) is 18.3. The Bertz CT molecular complexity index is 718. The number of para-hydroxylation sites is 1. The maximum atomic E-state index is 5.79. The molecule has 0 fully saturated rings. The Labute approximate surface area is 111 Å². The highest BCUT2D eigenvalue weighted by Gasteiger charge is 2.20. The molecule has 0 saturated heterocycles. The summed E-state index contributed by atoms with van der Waals surface area (Å²) in [6.07, 6.45) is 1.91. The largest absolute Gasteiger partial charge is 0.472 e. The van der Waals surface area contributed by atoms with Crippen LogP contribution < -0.4 is 4.74 Å². The van der Waals surface area contributed by atoms with Gasteiger partial charge in [0, 0.05) is 0 Å². The van der Waals surface area contributed by atoms with Crippen LogP contribution in [0.25, 0.3) is 22.6 Å². The van der Waals surface area contributed by atoms with Gasteiger partial charge in [-0.05, 0) is 17.7 Å². The lowest BCUT2D eigenvalue weighted by atomic mass is 10.1. The topological polar surface area (TPSA) is 27.1 Å². The van der Waals surface area contributed by atoms with Crippen molar-refractivity contribution in [3.8, 4) is 28.4 Å². The second-order valence-corrected chi connectivity index (χ2v) is 4.53. The van der Waals surface area contributed by atoms with Crippen molar-refractivity contribution in [3.63, 3.8) is 0 Å². The standard InChI is InChI=1S/C16H12N2O/c1-2-6-12(7-3-1)14-10-17-16-13-8-4-5-9-15(13)19-11-18(14)16/h1-10H,11H2. The van der Waals surface area contributed by atoms with Crippen molar-refractivity contribution in [3.05, 3.63) is 60.8 Å². The van der Waals surface area contributed by atoms with E-state index >= 15 is 0 Å². The minimum Gasteiger partial charge on any atom is -0.472 e. The summed E-state index contributed by atoms with van der Waals surface area (Å²) in [4.78, 5) is 4.56. The molecule has 1 aliphatic rings. The summed E-state index contributed by atoms with van der Waals surface area (Å²) < 4.78 is 7.90. The molecule has 0 saturated carbocycles. The number of hydrogen-bond donors (Lipinski definition) is 0. The fourth-order valence-corrected chi connectivity index (χ4v) is 2.47. The second kappa shape index (κ2) is 3.99. The molecule has 0 radical (unpaired) electrons. The van der Waals surface area contributed by atoms with Crippen molar-refractivity contribution in [2.75, 3.05) is 0 Å². The van der Waals surface area contributed by atoms with Gasteiger partial charge in [-0.15, -0.1) is 0 Å². The van der Waals surface area contributed by atoms with Crippen LogP contribution in [0.5, 0.6) is 5.75 Å². The molecule has 0 unspecified atom stereocenters. The van der Waals surface area contributed by atoms with Gasteiger partial charge in [0.1, 0.15) is 11.6 Å². The van der Waals surface area contributed by atoms with Crippen molar-refractivity contribution < 1.29 is 4.74 Å². The first-order valence-electron chi connectivity index (χ1n) is 6.26. The normalized spacial score (nSPS) is 12.4. The van der Waals surface area contributed by atoms with Crippen LogP contribution in [0, 0.1) is 0 Å². The summed E-state index contributed by atoms with van der Waals surface area (Å²) in [5, 5.41) is 0. The Morgan fingerprint density at radius 3 is 2.63 bits per heavy atom. The van der Waals surface area contributed by atoms with Gasteiger partial charge in [-0.1, -0.05) is 42.5 Å². The quantitative estimate of drug-likeness (QED) is 0.658. The third-order valence-corrected chi connectivity index (χ3v) is 3.40. The molecule has 92 valence electrons. The lowest BCUT2D eigenvalue weighted by Crippen LogP contribution is -2.13. The van der Waals surface area contributed by atoms with E-state index < -0.39 is 0 Å². The second-order valence-electron chi connectivity index (χ2n) is 4.53. The Morgan fingerprint density at radius 1 is 0.947 bits per heavy atom. The molecule has 2 heterocycles. The highest BCUT2D eigenvalue weighted by atomic mass is 16.5. The minimum atomic E-state index is 0.510. The van der Waals surface area contributed by atoms with Crippen molar-refractivity contribution in [1.82, 2.24) is 9.55 Å². The van der Waals surface area contributed by atoms with Crippen LogP contribution in [0.15, 0.2) is 60.8 Å². The van der Waals surface area contributed by atoms with Crippen molar-refractivity contribution in [2.45, 2.75) is 6.73 Å². The van der Waals surface area contributed by atoms with Crippen LogP contribution >= 0.6 is 0 Å². The van der Waals surface area contributed by atoms with Gasteiger partial charge in [0.25, 0.3) is 0 Å². The lowest BCUT2D eigenvalue weighted by molar-refractivity contribution is 0.231. The molecule has 3 heteroatoms. The minimum absolute atomic E-state index is 0.510. The summed E-state index contributed by atoms with van der Waals surface area (Å²) >= 11 is 0. The predicted molar refractivity (Wildman–Crippen MR) is 73.7 cm³/mol. The molecular weight excluding hydrogens is 236 g/mol. The highest BCUT2D eigenvalue weighted by Crippen LogP contribution is 2.35. The fraction of sp³-hybridized carbons (Fsp3) is 0.0625. The average molecular weight is 248 g/mol. The zero-order valence-electron chi connectivity index (χ0n) is 10.3. The summed E-state index contributed by atoms with van der Waals surface area (Å²) in [6.45, 7) is 0.510. The first kappa shape index (κ1) is 10.4. The van der Waals surface area contributed by atoms with Gasteiger partial charge in [0.15, 0.2) is 6.73 Å². The van der Waals surface area contributed by atoms with Crippen LogP contribution in [-0.4, -0.2) is 9.55 Å². The molecule has 0 amide bonds. The Morgan fingerprint density at radius 2 is 1.74 bits per heavy atom. The van der Waals surface area contributed by atoms with Gasteiger partial charge in [-0.2, -0.15) is 0 Å². The molecule has 0 atom stereocenters.